The minimum absolute atomic E-state index is 0.115. The Morgan fingerprint density at radius 2 is 2.00 bits per heavy atom. The van der Waals surface area contributed by atoms with Crippen molar-refractivity contribution in [1.82, 2.24) is 14.5 Å². The molecular weight excluding hydrogens is 573 g/mol. The van der Waals surface area contributed by atoms with Gasteiger partial charge in [-0.2, -0.15) is 0 Å². The first-order valence-electron chi connectivity index (χ1n) is 14.8. The maximum atomic E-state index is 14.7. The molecular formula is C33H33ClFN3O5. The largest absolute Gasteiger partial charge is 0.485 e. The summed E-state index contributed by atoms with van der Waals surface area (Å²) in [6.45, 7) is 5.38. The van der Waals surface area contributed by atoms with Crippen LogP contribution in [-0.2, 0) is 17.8 Å². The number of aromatic carboxylic acids is 1. The second kappa shape index (κ2) is 11.4. The van der Waals surface area contributed by atoms with Crippen LogP contribution in [0.1, 0.15) is 65.5 Å². The third-order valence-electron chi connectivity index (χ3n) is 9.02. The lowest BCUT2D eigenvalue weighted by Gasteiger charge is -2.39. The van der Waals surface area contributed by atoms with Gasteiger partial charge in [0.05, 0.1) is 35.8 Å². The molecule has 0 spiro atoms. The maximum Gasteiger partial charge on any atom is 0.335 e. The minimum atomic E-state index is -0.950. The van der Waals surface area contributed by atoms with E-state index in [1.54, 1.807) is 30.3 Å². The van der Waals surface area contributed by atoms with E-state index in [4.69, 9.17) is 30.8 Å². The third kappa shape index (κ3) is 5.46. The van der Waals surface area contributed by atoms with E-state index in [0.29, 0.717) is 35.2 Å². The van der Waals surface area contributed by atoms with E-state index in [0.717, 1.165) is 54.8 Å². The Balaban J connectivity index is 1.10. The molecule has 224 valence electrons. The Kier molecular flexibility index (Phi) is 7.49. The molecule has 2 fully saturated rings. The molecule has 3 aliphatic heterocycles. The van der Waals surface area contributed by atoms with E-state index in [-0.39, 0.29) is 30.2 Å². The van der Waals surface area contributed by atoms with Gasteiger partial charge in [0.2, 0.25) is 0 Å². The minimum Gasteiger partial charge on any atom is -0.485 e. The third-order valence-corrected chi connectivity index (χ3v) is 9.26. The summed E-state index contributed by atoms with van der Waals surface area (Å²) in [6, 6.07) is 16.0. The normalized spacial score (nSPS) is 23.7. The fraction of sp³-hybridized carbons (Fsp3) is 0.394. The molecule has 4 atom stereocenters. The summed E-state index contributed by atoms with van der Waals surface area (Å²) in [6.07, 6.45) is 2.37. The molecule has 43 heavy (non-hydrogen) atoms. The van der Waals surface area contributed by atoms with Crippen molar-refractivity contribution in [2.45, 2.75) is 63.4 Å². The van der Waals surface area contributed by atoms with Crippen LogP contribution in [0, 0.1) is 5.82 Å². The number of imidazole rings is 1. The lowest BCUT2D eigenvalue weighted by molar-refractivity contribution is -0.0592. The zero-order valence-corrected chi connectivity index (χ0v) is 24.6. The van der Waals surface area contributed by atoms with Gasteiger partial charge >= 0.3 is 5.97 Å². The predicted octanol–water partition coefficient (Wildman–Crippen LogP) is 6.60. The van der Waals surface area contributed by atoms with Gasteiger partial charge in [0.25, 0.3) is 0 Å². The molecule has 0 aliphatic carbocycles. The second-order valence-corrected chi connectivity index (χ2v) is 12.2. The fourth-order valence-electron chi connectivity index (χ4n) is 6.53. The predicted molar refractivity (Wildman–Crippen MR) is 160 cm³/mol. The van der Waals surface area contributed by atoms with Crippen LogP contribution >= 0.6 is 11.6 Å². The molecule has 4 aromatic rings. The number of piperidine rings is 1. The summed E-state index contributed by atoms with van der Waals surface area (Å²) in [7, 11) is 0. The number of halogens is 2. The highest BCUT2D eigenvalue weighted by atomic mass is 35.5. The summed E-state index contributed by atoms with van der Waals surface area (Å²) in [4.78, 5) is 19.0. The molecule has 3 aliphatic rings. The van der Waals surface area contributed by atoms with Crippen molar-refractivity contribution in [3.63, 3.8) is 0 Å². The van der Waals surface area contributed by atoms with Gasteiger partial charge in [0, 0.05) is 28.8 Å². The van der Waals surface area contributed by atoms with Crippen molar-refractivity contribution in [2.75, 3.05) is 19.8 Å². The Hall–Kier alpha value is -3.66. The Labute approximate surface area is 253 Å². The zero-order valence-electron chi connectivity index (χ0n) is 23.8. The van der Waals surface area contributed by atoms with Crippen LogP contribution in [0.4, 0.5) is 4.39 Å². The Bertz CT molecular complexity index is 1690. The molecule has 0 radical (unpaired) electrons. The SMILES string of the molecule is C[C@H]1CC(c2cccc3c2O[C@@H](c2ccc(Cl)cc2F)CO3)CCN1Cc1nc2ccc(C(=O)O)cc2n1CC1CCO1. The van der Waals surface area contributed by atoms with Gasteiger partial charge < -0.3 is 23.9 Å². The number of carbonyl (C=O) groups is 1. The fourth-order valence-corrected chi connectivity index (χ4v) is 6.69. The quantitative estimate of drug-likeness (QED) is 0.254. The monoisotopic (exact) mass is 605 g/mol. The summed E-state index contributed by atoms with van der Waals surface area (Å²) >= 11 is 5.97. The number of ether oxygens (including phenoxy) is 3. The van der Waals surface area contributed by atoms with Crippen molar-refractivity contribution in [1.29, 1.82) is 0 Å². The van der Waals surface area contributed by atoms with E-state index in [1.165, 1.54) is 6.07 Å². The average Bonchev–Trinajstić information content (AvgIpc) is 3.31. The molecule has 0 saturated carbocycles. The van der Waals surface area contributed by atoms with Crippen LogP contribution in [0.25, 0.3) is 11.0 Å². The van der Waals surface area contributed by atoms with Gasteiger partial charge in [-0.05, 0) is 75.0 Å². The highest BCUT2D eigenvalue weighted by Gasteiger charge is 2.34. The lowest BCUT2D eigenvalue weighted by atomic mass is 9.85. The number of benzene rings is 3. The van der Waals surface area contributed by atoms with Crippen molar-refractivity contribution >= 4 is 28.6 Å². The molecule has 1 aromatic heterocycles. The van der Waals surface area contributed by atoms with Crippen LogP contribution in [0.15, 0.2) is 54.6 Å². The van der Waals surface area contributed by atoms with Crippen molar-refractivity contribution in [3.05, 3.63) is 88.0 Å². The number of carboxylic acid groups (broad SMARTS) is 1. The standard InChI is InChI=1S/C33H33ClFN3O5/c1-19-13-20(24-3-2-4-29-32(24)43-30(18-42-29)25-7-6-22(34)15-26(25)35)9-11-37(19)17-31-36-27-8-5-21(33(39)40)14-28(27)38(31)16-23-10-12-41-23/h2-8,14-15,19-20,23,30H,9-13,16-18H2,1H3,(H,39,40)/t19-,20?,23?,30+/m0/s1. The number of hydrogen-bond acceptors (Lipinski definition) is 6. The van der Waals surface area contributed by atoms with Gasteiger partial charge in [0.15, 0.2) is 17.6 Å². The number of hydrogen-bond donors (Lipinski definition) is 1. The molecule has 2 unspecified atom stereocenters. The number of para-hydroxylation sites is 1. The summed E-state index contributed by atoms with van der Waals surface area (Å²) < 4.78 is 35.1. The molecule has 2 saturated heterocycles. The van der Waals surface area contributed by atoms with Gasteiger partial charge in [-0.3, -0.25) is 4.90 Å². The van der Waals surface area contributed by atoms with Crippen LogP contribution in [0.3, 0.4) is 0 Å². The molecule has 8 nitrogen and oxygen atoms in total. The van der Waals surface area contributed by atoms with Crippen LogP contribution in [0.5, 0.6) is 11.5 Å². The van der Waals surface area contributed by atoms with E-state index >= 15 is 0 Å². The van der Waals surface area contributed by atoms with Gasteiger partial charge in [-0.1, -0.05) is 29.8 Å². The molecule has 10 heteroatoms. The van der Waals surface area contributed by atoms with Crippen LogP contribution in [-0.4, -0.2) is 57.4 Å². The van der Waals surface area contributed by atoms with Crippen LogP contribution in [0.2, 0.25) is 5.02 Å². The second-order valence-electron chi connectivity index (χ2n) is 11.7. The van der Waals surface area contributed by atoms with E-state index < -0.39 is 17.9 Å². The number of likely N-dealkylation sites (tertiary alicyclic amines) is 1. The van der Waals surface area contributed by atoms with E-state index in [9.17, 15) is 14.3 Å². The van der Waals surface area contributed by atoms with Gasteiger partial charge in [-0.25, -0.2) is 14.2 Å². The first-order valence-corrected chi connectivity index (χ1v) is 15.2. The van der Waals surface area contributed by atoms with Gasteiger partial charge in [0.1, 0.15) is 18.2 Å². The number of aromatic nitrogens is 2. The topological polar surface area (TPSA) is 86.0 Å². The van der Waals surface area contributed by atoms with Crippen molar-refractivity contribution < 1.29 is 28.5 Å². The lowest BCUT2D eigenvalue weighted by Crippen LogP contribution is -2.40. The smallest absolute Gasteiger partial charge is 0.335 e. The highest BCUT2D eigenvalue weighted by Crippen LogP contribution is 2.45. The first kappa shape index (κ1) is 28.1. The zero-order chi connectivity index (χ0) is 29.7. The number of rotatable bonds is 7. The number of carboxylic acids is 1. The molecule has 4 heterocycles. The summed E-state index contributed by atoms with van der Waals surface area (Å²) in [5, 5.41) is 9.91. The highest BCUT2D eigenvalue weighted by molar-refractivity contribution is 6.30. The molecule has 3 aromatic carbocycles. The number of fused-ring (bicyclic) bond motifs is 2. The maximum absolute atomic E-state index is 14.7. The summed E-state index contributed by atoms with van der Waals surface area (Å²) in [5.74, 6) is 1.19. The molecule has 0 bridgehead atoms. The number of nitrogens with zero attached hydrogens (tertiary/aromatic N) is 3. The Morgan fingerprint density at radius 1 is 1.14 bits per heavy atom. The first-order chi connectivity index (χ1) is 20.8. The van der Waals surface area contributed by atoms with Crippen LogP contribution < -0.4 is 9.47 Å². The van der Waals surface area contributed by atoms with E-state index in [1.807, 2.05) is 12.1 Å². The van der Waals surface area contributed by atoms with Crippen molar-refractivity contribution in [2.24, 2.45) is 0 Å². The summed E-state index contributed by atoms with van der Waals surface area (Å²) in [5.41, 5.74) is 3.38. The molecule has 1 N–H and O–H groups in total. The van der Waals surface area contributed by atoms with Crippen molar-refractivity contribution in [3.8, 4) is 11.5 Å². The molecule has 7 rings (SSSR count). The Morgan fingerprint density at radius 3 is 2.74 bits per heavy atom. The average molecular weight is 606 g/mol. The molecule has 0 amide bonds. The van der Waals surface area contributed by atoms with Gasteiger partial charge in [-0.15, -0.1) is 0 Å². The van der Waals surface area contributed by atoms with E-state index in [2.05, 4.69) is 22.5 Å².